The predicted octanol–water partition coefficient (Wildman–Crippen LogP) is 2.64. The molecular formula is C11H18N2O. The number of aromatic nitrogens is 2. The van der Waals surface area contributed by atoms with E-state index in [0.29, 0.717) is 6.04 Å². The van der Waals surface area contributed by atoms with Crippen LogP contribution in [-0.4, -0.2) is 16.4 Å². The van der Waals surface area contributed by atoms with E-state index in [2.05, 4.69) is 18.9 Å². The van der Waals surface area contributed by atoms with Gasteiger partial charge in [0.25, 0.3) is 0 Å². The van der Waals surface area contributed by atoms with E-state index in [9.17, 15) is 0 Å². The summed E-state index contributed by atoms with van der Waals surface area (Å²) in [4.78, 5) is 0. The maximum absolute atomic E-state index is 5.61. The number of nitrogens with zero attached hydrogens (tertiary/aromatic N) is 2. The van der Waals surface area contributed by atoms with Gasteiger partial charge in [0.15, 0.2) is 0 Å². The summed E-state index contributed by atoms with van der Waals surface area (Å²) in [6.07, 6.45) is 5.99. The smallest absolute Gasteiger partial charge is 0.232 e. The van der Waals surface area contributed by atoms with E-state index in [1.54, 1.807) is 0 Å². The minimum atomic E-state index is 0.413. The van der Waals surface area contributed by atoms with Crippen LogP contribution in [0.15, 0.2) is 12.3 Å². The first-order valence-electron chi connectivity index (χ1n) is 5.43. The number of ether oxygens (including phenoxy) is 1. The van der Waals surface area contributed by atoms with Crippen LogP contribution in [0.25, 0.3) is 0 Å². The maximum Gasteiger partial charge on any atom is 0.232 e. The summed E-state index contributed by atoms with van der Waals surface area (Å²) in [6, 6.07) is 2.36. The SMILES string of the molecule is CC(C)n1ccc(OCC2CCC2)n1. The highest BCUT2D eigenvalue weighted by Gasteiger charge is 2.18. The molecule has 1 aliphatic carbocycles. The molecule has 3 heteroatoms. The van der Waals surface area contributed by atoms with Gasteiger partial charge in [-0.25, -0.2) is 0 Å². The molecule has 0 amide bonds. The van der Waals surface area contributed by atoms with Crippen LogP contribution in [0.5, 0.6) is 5.88 Å². The van der Waals surface area contributed by atoms with Crippen molar-refractivity contribution in [3.05, 3.63) is 12.3 Å². The van der Waals surface area contributed by atoms with Gasteiger partial charge in [-0.05, 0) is 32.6 Å². The first-order chi connectivity index (χ1) is 6.75. The van der Waals surface area contributed by atoms with Crippen molar-refractivity contribution in [2.24, 2.45) is 5.92 Å². The van der Waals surface area contributed by atoms with E-state index in [1.807, 2.05) is 16.9 Å². The second kappa shape index (κ2) is 4.03. The molecule has 2 rings (SSSR count). The Hall–Kier alpha value is -0.990. The number of hydrogen-bond acceptors (Lipinski definition) is 2. The van der Waals surface area contributed by atoms with Crippen molar-refractivity contribution in [2.45, 2.75) is 39.2 Å². The molecule has 0 bridgehead atoms. The summed E-state index contributed by atoms with van der Waals surface area (Å²) in [6.45, 7) is 5.07. The van der Waals surface area contributed by atoms with Gasteiger partial charge in [-0.3, -0.25) is 4.68 Å². The average molecular weight is 194 g/mol. The summed E-state index contributed by atoms with van der Waals surface area (Å²) in [7, 11) is 0. The van der Waals surface area contributed by atoms with Crippen molar-refractivity contribution >= 4 is 0 Å². The highest BCUT2D eigenvalue weighted by Crippen LogP contribution is 2.26. The fourth-order valence-corrected chi connectivity index (χ4v) is 1.55. The quantitative estimate of drug-likeness (QED) is 0.736. The molecule has 0 spiro atoms. The third-order valence-corrected chi connectivity index (χ3v) is 2.80. The fraction of sp³-hybridized carbons (Fsp3) is 0.727. The van der Waals surface area contributed by atoms with Crippen LogP contribution >= 0.6 is 0 Å². The average Bonchev–Trinajstić information content (AvgIpc) is 2.50. The Labute approximate surface area is 85.1 Å². The van der Waals surface area contributed by atoms with Crippen LogP contribution in [0.2, 0.25) is 0 Å². The normalized spacial score (nSPS) is 17.1. The van der Waals surface area contributed by atoms with Gasteiger partial charge in [-0.1, -0.05) is 6.42 Å². The monoisotopic (exact) mass is 194 g/mol. The Morgan fingerprint density at radius 2 is 2.36 bits per heavy atom. The molecule has 0 N–H and O–H groups in total. The zero-order chi connectivity index (χ0) is 9.97. The van der Waals surface area contributed by atoms with Crippen LogP contribution in [0.1, 0.15) is 39.2 Å². The number of rotatable bonds is 4. The fourth-order valence-electron chi connectivity index (χ4n) is 1.55. The minimum Gasteiger partial charge on any atom is -0.476 e. The Kier molecular flexibility index (Phi) is 2.75. The third-order valence-electron chi connectivity index (χ3n) is 2.80. The second-order valence-electron chi connectivity index (χ2n) is 4.34. The largest absolute Gasteiger partial charge is 0.476 e. The van der Waals surface area contributed by atoms with Crippen molar-refractivity contribution < 1.29 is 4.74 Å². The molecule has 1 aromatic heterocycles. The first kappa shape index (κ1) is 9.56. The van der Waals surface area contributed by atoms with E-state index in [4.69, 9.17) is 4.74 Å². The van der Waals surface area contributed by atoms with Gasteiger partial charge in [0.2, 0.25) is 5.88 Å². The van der Waals surface area contributed by atoms with Gasteiger partial charge in [-0.2, -0.15) is 0 Å². The lowest BCUT2D eigenvalue weighted by atomic mass is 9.86. The molecule has 78 valence electrons. The van der Waals surface area contributed by atoms with Gasteiger partial charge in [0.1, 0.15) is 0 Å². The lowest BCUT2D eigenvalue weighted by Gasteiger charge is -2.24. The predicted molar refractivity (Wildman–Crippen MR) is 55.4 cm³/mol. The van der Waals surface area contributed by atoms with Crippen molar-refractivity contribution in [3.63, 3.8) is 0 Å². The Morgan fingerprint density at radius 3 is 2.86 bits per heavy atom. The van der Waals surface area contributed by atoms with Gasteiger partial charge in [0, 0.05) is 18.3 Å². The highest BCUT2D eigenvalue weighted by molar-refractivity contribution is 5.06. The molecule has 1 aliphatic rings. The summed E-state index contributed by atoms with van der Waals surface area (Å²) in [5.41, 5.74) is 0. The zero-order valence-electron chi connectivity index (χ0n) is 8.94. The molecular weight excluding hydrogens is 176 g/mol. The molecule has 0 unspecified atom stereocenters. The van der Waals surface area contributed by atoms with Gasteiger partial charge in [-0.15, -0.1) is 5.10 Å². The maximum atomic E-state index is 5.61. The van der Waals surface area contributed by atoms with E-state index in [-0.39, 0.29) is 0 Å². The van der Waals surface area contributed by atoms with E-state index < -0.39 is 0 Å². The van der Waals surface area contributed by atoms with Crippen molar-refractivity contribution in [1.82, 2.24) is 9.78 Å². The molecule has 0 aromatic carbocycles. The highest BCUT2D eigenvalue weighted by atomic mass is 16.5. The Balaban J connectivity index is 1.83. The van der Waals surface area contributed by atoms with Crippen LogP contribution in [0.3, 0.4) is 0 Å². The molecule has 0 radical (unpaired) electrons. The van der Waals surface area contributed by atoms with Crippen LogP contribution in [0, 0.1) is 5.92 Å². The lowest BCUT2D eigenvalue weighted by Crippen LogP contribution is -2.19. The number of hydrogen-bond donors (Lipinski definition) is 0. The standard InChI is InChI=1S/C11H18N2O/c1-9(2)13-7-6-11(12-13)14-8-10-4-3-5-10/h6-7,9-10H,3-5,8H2,1-2H3. The van der Waals surface area contributed by atoms with Crippen LogP contribution < -0.4 is 4.74 Å². The topological polar surface area (TPSA) is 27.1 Å². The zero-order valence-corrected chi connectivity index (χ0v) is 8.94. The van der Waals surface area contributed by atoms with Crippen LogP contribution in [-0.2, 0) is 0 Å². The molecule has 1 fully saturated rings. The summed E-state index contributed by atoms with van der Waals surface area (Å²) < 4.78 is 7.54. The van der Waals surface area contributed by atoms with E-state index in [0.717, 1.165) is 18.4 Å². The van der Waals surface area contributed by atoms with E-state index >= 15 is 0 Å². The molecule has 3 nitrogen and oxygen atoms in total. The molecule has 14 heavy (non-hydrogen) atoms. The first-order valence-corrected chi connectivity index (χ1v) is 5.43. The Bertz CT molecular complexity index is 289. The molecule has 1 aromatic rings. The molecule has 0 aliphatic heterocycles. The van der Waals surface area contributed by atoms with Crippen molar-refractivity contribution in [2.75, 3.05) is 6.61 Å². The van der Waals surface area contributed by atoms with Gasteiger partial charge in [0.05, 0.1) is 6.61 Å². The summed E-state index contributed by atoms with van der Waals surface area (Å²) >= 11 is 0. The molecule has 1 saturated carbocycles. The van der Waals surface area contributed by atoms with Crippen molar-refractivity contribution in [1.29, 1.82) is 0 Å². The van der Waals surface area contributed by atoms with Crippen molar-refractivity contribution in [3.8, 4) is 5.88 Å². The molecule has 0 saturated heterocycles. The van der Waals surface area contributed by atoms with Crippen LogP contribution in [0.4, 0.5) is 0 Å². The summed E-state index contributed by atoms with van der Waals surface area (Å²) in [5.74, 6) is 1.55. The Morgan fingerprint density at radius 1 is 1.57 bits per heavy atom. The third kappa shape index (κ3) is 2.08. The van der Waals surface area contributed by atoms with Gasteiger partial charge >= 0.3 is 0 Å². The van der Waals surface area contributed by atoms with Gasteiger partial charge < -0.3 is 4.74 Å². The molecule has 0 atom stereocenters. The lowest BCUT2D eigenvalue weighted by molar-refractivity contribution is 0.174. The summed E-state index contributed by atoms with van der Waals surface area (Å²) in [5, 5.41) is 4.33. The minimum absolute atomic E-state index is 0.413. The molecule has 1 heterocycles. The van der Waals surface area contributed by atoms with E-state index in [1.165, 1.54) is 19.3 Å². The second-order valence-corrected chi connectivity index (χ2v) is 4.34.